The van der Waals surface area contributed by atoms with E-state index in [-0.39, 0.29) is 0 Å². The molecule has 0 saturated carbocycles. The lowest BCUT2D eigenvalue weighted by Crippen LogP contribution is -2.23. The molecular formula is C12H15NO. The summed E-state index contributed by atoms with van der Waals surface area (Å²) in [6, 6.07) is 8.50. The van der Waals surface area contributed by atoms with E-state index in [2.05, 4.69) is 41.4 Å². The molecule has 1 aliphatic rings. The zero-order valence-corrected chi connectivity index (χ0v) is 8.44. The van der Waals surface area contributed by atoms with Crippen molar-refractivity contribution in [3.05, 3.63) is 41.6 Å². The molecule has 0 spiro atoms. The van der Waals surface area contributed by atoms with Gasteiger partial charge < -0.3 is 9.64 Å². The molecule has 0 fully saturated rings. The summed E-state index contributed by atoms with van der Waals surface area (Å²) in [7, 11) is 1.74. The van der Waals surface area contributed by atoms with Gasteiger partial charge in [-0.2, -0.15) is 0 Å². The van der Waals surface area contributed by atoms with Crippen LogP contribution in [0.3, 0.4) is 0 Å². The summed E-state index contributed by atoms with van der Waals surface area (Å²) in [5.74, 6) is 0. The highest BCUT2D eigenvalue weighted by atomic mass is 16.5. The Balaban J connectivity index is 2.06. The molecule has 0 radical (unpaired) electrons. The van der Waals surface area contributed by atoms with Gasteiger partial charge in [-0.25, -0.2) is 0 Å². The van der Waals surface area contributed by atoms with Crippen LogP contribution in [-0.2, 0) is 11.3 Å². The van der Waals surface area contributed by atoms with Crippen molar-refractivity contribution < 1.29 is 4.74 Å². The number of rotatable bonds is 3. The first kappa shape index (κ1) is 9.28. The van der Waals surface area contributed by atoms with Gasteiger partial charge in [-0.15, -0.1) is 0 Å². The minimum absolute atomic E-state index is 0.784. The zero-order chi connectivity index (χ0) is 9.80. The molecule has 0 amide bonds. The topological polar surface area (TPSA) is 12.5 Å². The van der Waals surface area contributed by atoms with E-state index in [1.807, 2.05) is 0 Å². The van der Waals surface area contributed by atoms with Crippen molar-refractivity contribution >= 4 is 6.08 Å². The fraction of sp³-hybridized carbons (Fsp3) is 0.333. The molecule has 0 bridgehead atoms. The fourth-order valence-corrected chi connectivity index (χ4v) is 1.66. The van der Waals surface area contributed by atoms with Crippen molar-refractivity contribution in [3.8, 4) is 0 Å². The minimum atomic E-state index is 0.784. The van der Waals surface area contributed by atoms with Crippen molar-refractivity contribution in [2.75, 3.05) is 20.3 Å². The van der Waals surface area contributed by atoms with Crippen LogP contribution in [0.1, 0.15) is 11.1 Å². The summed E-state index contributed by atoms with van der Waals surface area (Å²) in [5, 5.41) is 0. The van der Waals surface area contributed by atoms with Crippen molar-refractivity contribution in [3.63, 3.8) is 0 Å². The summed E-state index contributed by atoms with van der Waals surface area (Å²) in [6.07, 6.45) is 4.30. The van der Waals surface area contributed by atoms with Crippen LogP contribution in [0.4, 0.5) is 0 Å². The molecule has 0 aliphatic carbocycles. The highest BCUT2D eigenvalue weighted by molar-refractivity contribution is 5.55. The van der Waals surface area contributed by atoms with Crippen LogP contribution >= 0.6 is 0 Å². The Labute approximate surface area is 84.8 Å². The predicted molar refractivity (Wildman–Crippen MR) is 57.8 cm³/mol. The Morgan fingerprint density at radius 2 is 2.21 bits per heavy atom. The number of hydrogen-bond acceptors (Lipinski definition) is 2. The molecular weight excluding hydrogens is 174 g/mol. The average Bonchev–Trinajstić information content (AvgIpc) is 2.26. The maximum Gasteiger partial charge on any atom is 0.0637 e. The molecule has 0 saturated heterocycles. The van der Waals surface area contributed by atoms with E-state index in [0.29, 0.717) is 0 Å². The lowest BCUT2D eigenvalue weighted by Gasteiger charge is -2.24. The van der Waals surface area contributed by atoms with Gasteiger partial charge in [-0.05, 0) is 17.2 Å². The lowest BCUT2D eigenvalue weighted by atomic mass is 10.0. The van der Waals surface area contributed by atoms with Crippen LogP contribution in [0.15, 0.2) is 30.5 Å². The van der Waals surface area contributed by atoms with E-state index in [1.54, 1.807) is 7.11 Å². The molecule has 1 aliphatic heterocycles. The molecule has 0 atom stereocenters. The summed E-state index contributed by atoms with van der Waals surface area (Å²) < 4.78 is 5.06. The van der Waals surface area contributed by atoms with Crippen molar-refractivity contribution in [2.24, 2.45) is 0 Å². The Kier molecular flexibility index (Phi) is 2.84. The third-order valence-electron chi connectivity index (χ3n) is 2.48. The van der Waals surface area contributed by atoms with Crippen LogP contribution in [-0.4, -0.2) is 25.2 Å². The van der Waals surface area contributed by atoms with Gasteiger partial charge in [0.05, 0.1) is 6.61 Å². The molecule has 0 aromatic heterocycles. The quantitative estimate of drug-likeness (QED) is 0.722. The largest absolute Gasteiger partial charge is 0.383 e. The normalized spacial score (nSPS) is 14.2. The smallest absolute Gasteiger partial charge is 0.0637 e. The highest BCUT2D eigenvalue weighted by Crippen LogP contribution is 2.18. The fourth-order valence-electron chi connectivity index (χ4n) is 1.66. The number of hydrogen-bond donors (Lipinski definition) is 0. The van der Waals surface area contributed by atoms with Crippen LogP contribution in [0, 0.1) is 0 Å². The number of ether oxygens (including phenoxy) is 1. The molecule has 1 aromatic carbocycles. The predicted octanol–water partition coefficient (Wildman–Crippen LogP) is 2.12. The number of methoxy groups -OCH3 is 1. The Bertz CT molecular complexity index is 333. The zero-order valence-electron chi connectivity index (χ0n) is 8.44. The lowest BCUT2D eigenvalue weighted by molar-refractivity contribution is 0.167. The molecule has 2 heteroatoms. The Morgan fingerprint density at radius 1 is 1.36 bits per heavy atom. The SMILES string of the molecule is COCCN1C=Cc2ccccc2C1. The first-order valence-corrected chi connectivity index (χ1v) is 4.89. The van der Waals surface area contributed by atoms with Gasteiger partial charge in [0.15, 0.2) is 0 Å². The van der Waals surface area contributed by atoms with Gasteiger partial charge in [0.1, 0.15) is 0 Å². The molecule has 14 heavy (non-hydrogen) atoms. The van der Waals surface area contributed by atoms with Crippen molar-refractivity contribution in [1.29, 1.82) is 0 Å². The second kappa shape index (κ2) is 4.29. The van der Waals surface area contributed by atoms with Gasteiger partial charge in [-0.3, -0.25) is 0 Å². The first-order chi connectivity index (χ1) is 6.90. The molecule has 1 heterocycles. The molecule has 1 aromatic rings. The Hall–Kier alpha value is -1.28. The first-order valence-electron chi connectivity index (χ1n) is 4.89. The summed E-state index contributed by atoms with van der Waals surface area (Å²) in [6.45, 7) is 2.74. The number of benzene rings is 1. The van der Waals surface area contributed by atoms with E-state index >= 15 is 0 Å². The van der Waals surface area contributed by atoms with E-state index in [0.717, 1.165) is 19.7 Å². The number of nitrogens with zero attached hydrogens (tertiary/aromatic N) is 1. The second-order valence-electron chi connectivity index (χ2n) is 3.48. The summed E-state index contributed by atoms with van der Waals surface area (Å²) >= 11 is 0. The maximum absolute atomic E-state index is 5.06. The van der Waals surface area contributed by atoms with E-state index in [1.165, 1.54) is 11.1 Å². The van der Waals surface area contributed by atoms with Crippen LogP contribution in [0.2, 0.25) is 0 Å². The molecule has 0 N–H and O–H groups in total. The van der Waals surface area contributed by atoms with Crippen molar-refractivity contribution in [2.45, 2.75) is 6.54 Å². The van der Waals surface area contributed by atoms with E-state index in [9.17, 15) is 0 Å². The van der Waals surface area contributed by atoms with Gasteiger partial charge in [0, 0.05) is 26.4 Å². The van der Waals surface area contributed by atoms with E-state index in [4.69, 9.17) is 4.74 Å². The summed E-state index contributed by atoms with van der Waals surface area (Å²) in [4.78, 5) is 2.27. The third kappa shape index (κ3) is 1.96. The van der Waals surface area contributed by atoms with E-state index < -0.39 is 0 Å². The molecule has 0 unspecified atom stereocenters. The van der Waals surface area contributed by atoms with Crippen molar-refractivity contribution in [1.82, 2.24) is 4.90 Å². The molecule has 2 rings (SSSR count). The average molecular weight is 189 g/mol. The van der Waals surface area contributed by atoms with Crippen LogP contribution in [0.5, 0.6) is 0 Å². The van der Waals surface area contributed by atoms with Crippen LogP contribution < -0.4 is 0 Å². The number of fused-ring (bicyclic) bond motifs is 1. The van der Waals surface area contributed by atoms with Gasteiger partial charge in [-0.1, -0.05) is 24.3 Å². The van der Waals surface area contributed by atoms with Gasteiger partial charge >= 0.3 is 0 Å². The summed E-state index contributed by atoms with van der Waals surface area (Å²) in [5.41, 5.74) is 2.73. The highest BCUT2D eigenvalue weighted by Gasteiger charge is 2.08. The monoisotopic (exact) mass is 189 g/mol. The second-order valence-corrected chi connectivity index (χ2v) is 3.48. The van der Waals surface area contributed by atoms with Gasteiger partial charge in [0.2, 0.25) is 0 Å². The standard InChI is InChI=1S/C12H15NO/c1-14-9-8-13-7-6-11-4-2-3-5-12(11)10-13/h2-7H,8-10H2,1H3. The van der Waals surface area contributed by atoms with Crippen LogP contribution in [0.25, 0.3) is 6.08 Å². The molecule has 2 nitrogen and oxygen atoms in total. The third-order valence-corrected chi connectivity index (χ3v) is 2.48. The Morgan fingerprint density at radius 3 is 3.07 bits per heavy atom. The minimum Gasteiger partial charge on any atom is -0.383 e. The molecule has 74 valence electrons. The maximum atomic E-state index is 5.06. The van der Waals surface area contributed by atoms with Gasteiger partial charge in [0.25, 0.3) is 0 Å².